The van der Waals surface area contributed by atoms with Gasteiger partial charge in [0, 0.05) is 12.3 Å². The van der Waals surface area contributed by atoms with E-state index in [4.69, 9.17) is 9.15 Å². The fourth-order valence-electron chi connectivity index (χ4n) is 3.67. The van der Waals surface area contributed by atoms with E-state index < -0.39 is 18.1 Å². The highest BCUT2D eigenvalue weighted by molar-refractivity contribution is 9.10. The van der Waals surface area contributed by atoms with Crippen molar-refractivity contribution >= 4 is 28.0 Å². The molecule has 0 fully saturated rings. The van der Waals surface area contributed by atoms with Crippen molar-refractivity contribution in [2.45, 2.75) is 18.4 Å². The van der Waals surface area contributed by atoms with Gasteiger partial charge in [0.15, 0.2) is 4.67 Å². The Morgan fingerprint density at radius 2 is 1.72 bits per heavy atom. The zero-order valence-electron chi connectivity index (χ0n) is 15.3. The molecule has 2 aromatic carbocycles. The first-order valence-electron chi connectivity index (χ1n) is 9.10. The Balaban J connectivity index is 1.43. The summed E-state index contributed by atoms with van der Waals surface area (Å²) in [7, 11) is 0. The van der Waals surface area contributed by atoms with Crippen LogP contribution in [0.25, 0.3) is 11.1 Å². The van der Waals surface area contributed by atoms with Crippen LogP contribution in [0.2, 0.25) is 0 Å². The maximum Gasteiger partial charge on any atom is 0.407 e. The van der Waals surface area contributed by atoms with E-state index in [0.29, 0.717) is 10.2 Å². The first-order valence-corrected chi connectivity index (χ1v) is 9.89. The Morgan fingerprint density at radius 1 is 1.10 bits per heavy atom. The molecule has 148 valence electrons. The Morgan fingerprint density at radius 3 is 2.28 bits per heavy atom. The van der Waals surface area contributed by atoms with Crippen LogP contribution in [0.4, 0.5) is 4.79 Å². The van der Waals surface area contributed by atoms with Crippen molar-refractivity contribution in [1.82, 2.24) is 5.32 Å². The monoisotopic (exact) mass is 455 g/mol. The number of halogens is 1. The largest absolute Gasteiger partial charge is 0.480 e. The van der Waals surface area contributed by atoms with Crippen molar-refractivity contribution in [2.75, 3.05) is 6.61 Å². The normalized spacial score (nSPS) is 13.4. The van der Waals surface area contributed by atoms with E-state index in [1.807, 2.05) is 36.4 Å². The number of benzene rings is 2. The molecular formula is C22H18BrNO5. The molecule has 1 unspecified atom stereocenters. The number of amides is 1. The lowest BCUT2D eigenvalue weighted by Gasteiger charge is -2.17. The molecule has 0 spiro atoms. The maximum atomic E-state index is 12.3. The predicted molar refractivity (Wildman–Crippen MR) is 110 cm³/mol. The average molecular weight is 456 g/mol. The van der Waals surface area contributed by atoms with E-state index in [1.165, 1.54) is 6.26 Å². The highest BCUT2D eigenvalue weighted by Gasteiger charge is 2.29. The number of hydrogen-bond acceptors (Lipinski definition) is 4. The third-order valence-corrected chi connectivity index (χ3v) is 5.41. The summed E-state index contributed by atoms with van der Waals surface area (Å²) in [6.45, 7) is 0.128. The van der Waals surface area contributed by atoms with Crippen molar-refractivity contribution in [2.24, 2.45) is 0 Å². The third kappa shape index (κ3) is 4.05. The van der Waals surface area contributed by atoms with Crippen molar-refractivity contribution in [3.63, 3.8) is 0 Å². The fraction of sp³-hybridized carbons (Fsp3) is 0.182. The second-order valence-electron chi connectivity index (χ2n) is 6.82. The minimum absolute atomic E-state index is 0.0822. The summed E-state index contributed by atoms with van der Waals surface area (Å²) in [4.78, 5) is 23.8. The van der Waals surface area contributed by atoms with Gasteiger partial charge in [0.25, 0.3) is 0 Å². The summed E-state index contributed by atoms with van der Waals surface area (Å²) in [5.41, 5.74) is 5.11. The highest BCUT2D eigenvalue weighted by Crippen LogP contribution is 2.44. The average Bonchev–Trinajstić information content (AvgIpc) is 3.27. The zero-order chi connectivity index (χ0) is 20.4. The van der Waals surface area contributed by atoms with Crippen LogP contribution in [0.15, 0.2) is 69.9 Å². The van der Waals surface area contributed by atoms with E-state index in [9.17, 15) is 14.7 Å². The number of hydrogen-bond donors (Lipinski definition) is 2. The molecule has 29 heavy (non-hydrogen) atoms. The molecule has 1 atom stereocenters. The SMILES string of the molecule is O=C(NC(Cc1coc(Br)c1)C(=O)O)OCC1c2ccccc2-c2ccccc21. The van der Waals surface area contributed by atoms with Gasteiger partial charge in [-0.05, 0) is 49.8 Å². The number of carboxylic acids is 1. The summed E-state index contributed by atoms with van der Waals surface area (Å²) in [6.07, 6.45) is 0.774. The molecule has 2 N–H and O–H groups in total. The van der Waals surface area contributed by atoms with E-state index in [2.05, 4.69) is 33.4 Å². The summed E-state index contributed by atoms with van der Waals surface area (Å²) in [5, 5.41) is 11.8. The lowest BCUT2D eigenvalue weighted by atomic mass is 9.98. The van der Waals surface area contributed by atoms with Crippen LogP contribution in [0.1, 0.15) is 22.6 Å². The van der Waals surface area contributed by atoms with Crippen molar-refractivity contribution < 1.29 is 23.8 Å². The van der Waals surface area contributed by atoms with Crippen LogP contribution in [-0.4, -0.2) is 29.8 Å². The van der Waals surface area contributed by atoms with Crippen LogP contribution < -0.4 is 5.32 Å². The molecule has 0 saturated heterocycles. The van der Waals surface area contributed by atoms with Crippen molar-refractivity contribution in [3.05, 3.63) is 82.2 Å². The van der Waals surface area contributed by atoms with Gasteiger partial charge in [-0.25, -0.2) is 9.59 Å². The van der Waals surface area contributed by atoms with Gasteiger partial charge >= 0.3 is 12.1 Å². The van der Waals surface area contributed by atoms with Gasteiger partial charge in [-0.2, -0.15) is 0 Å². The molecule has 1 amide bonds. The smallest absolute Gasteiger partial charge is 0.407 e. The van der Waals surface area contributed by atoms with Crippen LogP contribution in [-0.2, 0) is 16.0 Å². The number of alkyl carbamates (subject to hydrolysis) is 1. The van der Waals surface area contributed by atoms with E-state index in [-0.39, 0.29) is 18.9 Å². The van der Waals surface area contributed by atoms with Gasteiger partial charge in [-0.15, -0.1) is 0 Å². The summed E-state index contributed by atoms with van der Waals surface area (Å²) < 4.78 is 11.0. The molecule has 1 aromatic heterocycles. The third-order valence-electron chi connectivity index (χ3n) is 5.00. The maximum absolute atomic E-state index is 12.3. The number of nitrogens with one attached hydrogen (secondary N) is 1. The fourth-order valence-corrected chi connectivity index (χ4v) is 4.06. The molecule has 0 saturated carbocycles. The summed E-state index contributed by atoms with van der Waals surface area (Å²) in [6, 6.07) is 16.6. The standard InChI is InChI=1S/C22H18BrNO5/c23-20-10-13(11-28-20)9-19(21(25)26)24-22(27)29-12-18-16-7-3-1-5-14(16)15-6-2-4-8-17(15)18/h1-8,10-11,18-19H,9,12H2,(H,24,27)(H,25,26). The number of ether oxygens (including phenoxy) is 1. The Hall–Kier alpha value is -3.06. The molecule has 0 radical (unpaired) electrons. The van der Waals surface area contributed by atoms with E-state index >= 15 is 0 Å². The lowest BCUT2D eigenvalue weighted by Crippen LogP contribution is -2.42. The van der Waals surface area contributed by atoms with Crippen LogP contribution in [0, 0.1) is 0 Å². The second-order valence-corrected chi connectivity index (χ2v) is 7.61. The van der Waals surface area contributed by atoms with Gasteiger partial charge in [-0.1, -0.05) is 48.5 Å². The zero-order valence-corrected chi connectivity index (χ0v) is 16.9. The molecule has 6 nitrogen and oxygen atoms in total. The number of fused-ring (bicyclic) bond motifs is 3. The molecular weight excluding hydrogens is 438 g/mol. The van der Waals surface area contributed by atoms with Gasteiger partial charge in [0.05, 0.1) is 6.26 Å². The highest BCUT2D eigenvalue weighted by atomic mass is 79.9. The molecule has 7 heteroatoms. The number of carboxylic acid groups (broad SMARTS) is 1. The number of carbonyl (C=O) groups excluding carboxylic acids is 1. The molecule has 0 bridgehead atoms. The Bertz CT molecular complexity index is 1020. The van der Waals surface area contributed by atoms with Crippen molar-refractivity contribution in [3.8, 4) is 11.1 Å². The molecule has 1 aliphatic carbocycles. The van der Waals surface area contributed by atoms with Crippen LogP contribution in [0.3, 0.4) is 0 Å². The van der Waals surface area contributed by atoms with E-state index in [0.717, 1.165) is 22.3 Å². The topological polar surface area (TPSA) is 88.8 Å². The Kier molecular flexibility index (Phi) is 5.40. The first kappa shape index (κ1) is 19.3. The molecule has 4 rings (SSSR count). The lowest BCUT2D eigenvalue weighted by molar-refractivity contribution is -0.139. The predicted octanol–water partition coefficient (Wildman–Crippen LogP) is 4.58. The Labute approximate surface area is 175 Å². The summed E-state index contributed by atoms with van der Waals surface area (Å²) in [5.74, 6) is -1.22. The number of carbonyl (C=O) groups is 2. The number of furan rings is 1. The molecule has 1 heterocycles. The summed E-state index contributed by atoms with van der Waals surface area (Å²) >= 11 is 3.17. The molecule has 3 aromatic rings. The first-order chi connectivity index (χ1) is 14.0. The minimum Gasteiger partial charge on any atom is -0.480 e. The minimum atomic E-state index is -1.14. The molecule has 1 aliphatic rings. The van der Waals surface area contributed by atoms with E-state index in [1.54, 1.807) is 6.07 Å². The van der Waals surface area contributed by atoms with Crippen molar-refractivity contribution in [1.29, 1.82) is 0 Å². The quantitative estimate of drug-likeness (QED) is 0.567. The number of aliphatic carboxylic acids is 1. The van der Waals surface area contributed by atoms with Gasteiger partial charge in [0.2, 0.25) is 0 Å². The van der Waals surface area contributed by atoms with Gasteiger partial charge < -0.3 is 19.6 Å². The second kappa shape index (κ2) is 8.13. The van der Waals surface area contributed by atoms with Crippen LogP contribution >= 0.6 is 15.9 Å². The molecule has 0 aliphatic heterocycles. The number of rotatable bonds is 6. The van der Waals surface area contributed by atoms with Gasteiger partial charge in [-0.3, -0.25) is 0 Å². The van der Waals surface area contributed by atoms with Gasteiger partial charge in [0.1, 0.15) is 12.6 Å². The van der Waals surface area contributed by atoms with Crippen LogP contribution in [0.5, 0.6) is 0 Å².